The third kappa shape index (κ3) is 2.62. The summed E-state index contributed by atoms with van der Waals surface area (Å²) in [6, 6.07) is 9.54. The lowest BCUT2D eigenvalue weighted by molar-refractivity contribution is -0.111. The molecule has 2 heterocycles. The lowest BCUT2D eigenvalue weighted by Gasteiger charge is -1.94. The molecule has 20 heavy (non-hydrogen) atoms. The number of hydrogen-bond acceptors (Lipinski definition) is 4. The van der Waals surface area contributed by atoms with Gasteiger partial charge in [-0.15, -0.1) is 0 Å². The Morgan fingerprint density at radius 2 is 2.25 bits per heavy atom. The fourth-order valence-corrected chi connectivity index (χ4v) is 2.78. The molecule has 0 fully saturated rings. The van der Waals surface area contributed by atoms with Crippen LogP contribution in [0.1, 0.15) is 11.3 Å². The monoisotopic (exact) mass is 284 g/mol. The second-order valence-corrected chi connectivity index (χ2v) is 5.31. The topological polar surface area (TPSA) is 55.1 Å². The van der Waals surface area contributed by atoms with E-state index in [0.717, 1.165) is 15.8 Å². The summed E-state index contributed by atoms with van der Waals surface area (Å²) in [6.07, 6.45) is 4.61. The highest BCUT2D eigenvalue weighted by Crippen LogP contribution is 2.27. The van der Waals surface area contributed by atoms with Crippen LogP contribution < -0.4 is 5.32 Å². The molecule has 0 unspecified atom stereocenters. The Hall–Kier alpha value is -2.40. The zero-order valence-electron chi connectivity index (χ0n) is 10.8. The van der Waals surface area contributed by atoms with Gasteiger partial charge in [0.1, 0.15) is 5.76 Å². The first-order chi connectivity index (χ1) is 9.72. The summed E-state index contributed by atoms with van der Waals surface area (Å²) >= 11 is 1.46. The number of amides is 1. The Balaban J connectivity index is 1.76. The molecule has 1 N–H and O–H groups in total. The molecule has 5 heteroatoms. The molecule has 3 rings (SSSR count). The number of nitrogens with zero attached hydrogens (tertiary/aromatic N) is 1. The molecule has 1 amide bonds. The number of nitrogens with one attached hydrogen (secondary N) is 1. The third-order valence-electron chi connectivity index (χ3n) is 2.79. The van der Waals surface area contributed by atoms with Crippen molar-refractivity contribution in [2.75, 3.05) is 5.32 Å². The smallest absolute Gasteiger partial charge is 0.250 e. The number of aromatic nitrogens is 1. The number of aryl methyl sites for hydroxylation is 1. The largest absolute Gasteiger partial charge is 0.465 e. The van der Waals surface area contributed by atoms with Crippen LogP contribution in [0, 0.1) is 6.92 Å². The maximum Gasteiger partial charge on any atom is 0.250 e. The molecular weight excluding hydrogens is 272 g/mol. The van der Waals surface area contributed by atoms with Gasteiger partial charge in [0.2, 0.25) is 5.91 Å². The highest BCUT2D eigenvalue weighted by Gasteiger charge is 2.07. The van der Waals surface area contributed by atoms with Gasteiger partial charge in [-0.2, -0.15) is 0 Å². The molecule has 2 aromatic heterocycles. The van der Waals surface area contributed by atoms with E-state index in [2.05, 4.69) is 10.3 Å². The number of fused-ring (bicyclic) bond motifs is 1. The minimum Gasteiger partial charge on any atom is -0.465 e. The number of carbonyl (C=O) groups excluding carboxylic acids is 1. The van der Waals surface area contributed by atoms with E-state index in [0.29, 0.717) is 10.9 Å². The number of benzene rings is 1. The fourth-order valence-electron chi connectivity index (χ4n) is 1.83. The molecule has 3 aromatic rings. The summed E-state index contributed by atoms with van der Waals surface area (Å²) in [5.41, 5.74) is 2.04. The van der Waals surface area contributed by atoms with Crippen LogP contribution in [-0.4, -0.2) is 10.9 Å². The number of carbonyl (C=O) groups is 1. The molecule has 4 nitrogen and oxygen atoms in total. The van der Waals surface area contributed by atoms with Crippen molar-refractivity contribution in [3.8, 4) is 0 Å². The SMILES string of the molecule is Cc1cccc2sc(NC(=O)/C=C/c3ccco3)nc12. The van der Waals surface area contributed by atoms with Gasteiger partial charge in [-0.05, 0) is 36.8 Å². The first-order valence-corrected chi connectivity index (χ1v) is 6.93. The van der Waals surface area contributed by atoms with Crippen LogP contribution in [0.4, 0.5) is 5.13 Å². The first-order valence-electron chi connectivity index (χ1n) is 6.11. The van der Waals surface area contributed by atoms with Gasteiger partial charge in [0.25, 0.3) is 0 Å². The number of para-hydroxylation sites is 1. The van der Waals surface area contributed by atoms with Crippen molar-refractivity contribution in [2.24, 2.45) is 0 Å². The second-order valence-electron chi connectivity index (χ2n) is 4.28. The molecule has 0 radical (unpaired) electrons. The predicted octanol–water partition coefficient (Wildman–Crippen LogP) is 3.85. The molecule has 1 aromatic carbocycles. The molecule has 0 aliphatic heterocycles. The molecule has 100 valence electrons. The Bertz CT molecular complexity index is 772. The average Bonchev–Trinajstić information content (AvgIpc) is 3.05. The van der Waals surface area contributed by atoms with Crippen LogP contribution in [0.3, 0.4) is 0 Å². The molecular formula is C15H12N2O2S. The van der Waals surface area contributed by atoms with Crippen molar-refractivity contribution in [2.45, 2.75) is 6.92 Å². The van der Waals surface area contributed by atoms with Gasteiger partial charge in [-0.25, -0.2) is 4.98 Å². The standard InChI is InChI=1S/C15H12N2O2S/c1-10-4-2-6-12-14(10)17-15(20-12)16-13(18)8-7-11-5-3-9-19-11/h2-9H,1H3,(H,16,17,18)/b8-7+. The summed E-state index contributed by atoms with van der Waals surface area (Å²) in [4.78, 5) is 16.2. The molecule has 0 aliphatic carbocycles. The number of furan rings is 1. The Morgan fingerprint density at radius 1 is 1.35 bits per heavy atom. The number of anilines is 1. The van der Waals surface area contributed by atoms with Gasteiger partial charge in [0, 0.05) is 6.08 Å². The van der Waals surface area contributed by atoms with Crippen molar-refractivity contribution in [3.05, 3.63) is 54.0 Å². The Labute approximate surface area is 119 Å². The van der Waals surface area contributed by atoms with Crippen LogP contribution >= 0.6 is 11.3 Å². The van der Waals surface area contributed by atoms with Gasteiger partial charge in [-0.1, -0.05) is 23.5 Å². The Morgan fingerprint density at radius 3 is 3.00 bits per heavy atom. The molecule has 0 saturated heterocycles. The van der Waals surface area contributed by atoms with E-state index in [-0.39, 0.29) is 5.91 Å². The van der Waals surface area contributed by atoms with Gasteiger partial charge in [0.05, 0.1) is 16.5 Å². The van der Waals surface area contributed by atoms with E-state index in [1.54, 1.807) is 24.5 Å². The van der Waals surface area contributed by atoms with Gasteiger partial charge in [0.15, 0.2) is 5.13 Å². The van der Waals surface area contributed by atoms with E-state index in [9.17, 15) is 4.79 Å². The lowest BCUT2D eigenvalue weighted by Crippen LogP contribution is -2.07. The van der Waals surface area contributed by atoms with Crippen LogP contribution in [0.2, 0.25) is 0 Å². The minimum atomic E-state index is -0.224. The lowest BCUT2D eigenvalue weighted by atomic mass is 10.2. The fraction of sp³-hybridized carbons (Fsp3) is 0.0667. The summed E-state index contributed by atoms with van der Waals surface area (Å²) in [5, 5.41) is 3.36. The summed E-state index contributed by atoms with van der Waals surface area (Å²) < 4.78 is 6.18. The van der Waals surface area contributed by atoms with Crippen molar-refractivity contribution in [1.82, 2.24) is 4.98 Å². The number of thiazole rings is 1. The normalized spacial score (nSPS) is 11.2. The maximum absolute atomic E-state index is 11.8. The molecule has 0 aliphatic rings. The minimum absolute atomic E-state index is 0.224. The maximum atomic E-state index is 11.8. The zero-order chi connectivity index (χ0) is 13.9. The van der Waals surface area contributed by atoms with Crippen molar-refractivity contribution >= 4 is 38.7 Å². The van der Waals surface area contributed by atoms with Crippen molar-refractivity contribution in [3.63, 3.8) is 0 Å². The average molecular weight is 284 g/mol. The number of rotatable bonds is 3. The van der Waals surface area contributed by atoms with E-state index >= 15 is 0 Å². The highest BCUT2D eigenvalue weighted by atomic mass is 32.1. The van der Waals surface area contributed by atoms with E-state index in [1.807, 2.05) is 25.1 Å². The highest BCUT2D eigenvalue weighted by molar-refractivity contribution is 7.22. The summed E-state index contributed by atoms with van der Waals surface area (Å²) in [5.74, 6) is 0.415. The molecule has 0 saturated carbocycles. The Kier molecular flexibility index (Phi) is 3.35. The van der Waals surface area contributed by atoms with Gasteiger partial charge >= 0.3 is 0 Å². The molecule has 0 atom stereocenters. The quantitative estimate of drug-likeness (QED) is 0.743. The number of hydrogen-bond donors (Lipinski definition) is 1. The van der Waals surface area contributed by atoms with Crippen LogP contribution in [-0.2, 0) is 4.79 Å². The molecule has 0 bridgehead atoms. The second kappa shape index (κ2) is 5.30. The van der Waals surface area contributed by atoms with E-state index in [4.69, 9.17) is 4.42 Å². The van der Waals surface area contributed by atoms with Crippen molar-refractivity contribution < 1.29 is 9.21 Å². The summed E-state index contributed by atoms with van der Waals surface area (Å²) in [7, 11) is 0. The van der Waals surface area contributed by atoms with Gasteiger partial charge in [-0.3, -0.25) is 10.1 Å². The van der Waals surface area contributed by atoms with E-state index < -0.39 is 0 Å². The van der Waals surface area contributed by atoms with Crippen molar-refractivity contribution in [1.29, 1.82) is 0 Å². The first kappa shape index (κ1) is 12.6. The van der Waals surface area contributed by atoms with E-state index in [1.165, 1.54) is 17.4 Å². The molecule has 0 spiro atoms. The zero-order valence-corrected chi connectivity index (χ0v) is 11.6. The third-order valence-corrected chi connectivity index (χ3v) is 3.73. The van der Waals surface area contributed by atoms with Crippen LogP contribution in [0.25, 0.3) is 16.3 Å². The van der Waals surface area contributed by atoms with Crippen LogP contribution in [0.15, 0.2) is 47.1 Å². The predicted molar refractivity (Wildman–Crippen MR) is 80.7 cm³/mol. The van der Waals surface area contributed by atoms with Gasteiger partial charge < -0.3 is 4.42 Å². The summed E-state index contributed by atoms with van der Waals surface area (Å²) in [6.45, 7) is 2.00. The van der Waals surface area contributed by atoms with Crippen LogP contribution in [0.5, 0.6) is 0 Å².